The highest BCUT2D eigenvalue weighted by molar-refractivity contribution is 14.1. The molecule has 2 amide bonds. The standard InChI is InChI=1S/C25H16Cl3IN2O4S/c1-34-21-10-14(9-19(29)22(21)35-12-13-2-4-15(26)5-3-13)8-17-23(32)30-25(36)31(24(17)33)20-7-6-16(27)11-18(20)28/h2-11H,12H2,1H3,(H,30,32,36)/b17-8+. The number of halogens is 4. The fourth-order valence-corrected chi connectivity index (χ4v) is 5.08. The maximum Gasteiger partial charge on any atom is 0.270 e. The van der Waals surface area contributed by atoms with Gasteiger partial charge >= 0.3 is 0 Å². The molecule has 1 aliphatic rings. The largest absolute Gasteiger partial charge is 0.493 e. The van der Waals surface area contributed by atoms with Gasteiger partial charge < -0.3 is 9.47 Å². The van der Waals surface area contributed by atoms with Crippen LogP contribution in [0.25, 0.3) is 6.08 Å². The normalized spacial score (nSPS) is 14.8. The van der Waals surface area contributed by atoms with Crippen molar-refractivity contribution >= 4 is 98.3 Å². The first kappa shape index (κ1) is 26.7. The first-order valence-corrected chi connectivity index (χ1v) is 12.9. The lowest BCUT2D eigenvalue weighted by molar-refractivity contribution is -0.122. The summed E-state index contributed by atoms with van der Waals surface area (Å²) < 4.78 is 12.2. The smallest absolute Gasteiger partial charge is 0.270 e. The number of methoxy groups -OCH3 is 1. The third kappa shape index (κ3) is 5.78. The Morgan fingerprint density at radius 3 is 2.39 bits per heavy atom. The molecule has 1 saturated heterocycles. The molecular weight excluding hydrogens is 658 g/mol. The SMILES string of the molecule is COc1cc(/C=C2\C(=O)NC(=S)N(c3ccc(Cl)cc3Cl)C2=O)cc(I)c1OCc1ccc(Cl)cc1. The van der Waals surface area contributed by atoms with Gasteiger partial charge in [0.1, 0.15) is 12.2 Å². The van der Waals surface area contributed by atoms with E-state index in [1.165, 1.54) is 19.3 Å². The van der Waals surface area contributed by atoms with Gasteiger partial charge in [-0.1, -0.05) is 46.9 Å². The van der Waals surface area contributed by atoms with E-state index in [1.807, 2.05) is 12.1 Å². The molecule has 184 valence electrons. The van der Waals surface area contributed by atoms with Crippen molar-refractivity contribution in [2.75, 3.05) is 12.0 Å². The Morgan fingerprint density at radius 1 is 1.03 bits per heavy atom. The third-order valence-corrected chi connectivity index (χ3v) is 6.99. The Kier molecular flexibility index (Phi) is 8.41. The molecule has 0 saturated carbocycles. The van der Waals surface area contributed by atoms with Gasteiger partial charge in [0.2, 0.25) is 0 Å². The molecule has 6 nitrogen and oxygen atoms in total. The number of nitrogens with zero attached hydrogens (tertiary/aromatic N) is 1. The fourth-order valence-electron chi connectivity index (χ4n) is 3.40. The first-order chi connectivity index (χ1) is 17.2. The van der Waals surface area contributed by atoms with Crippen LogP contribution in [0, 0.1) is 3.57 Å². The van der Waals surface area contributed by atoms with E-state index in [0.717, 1.165) is 14.0 Å². The number of benzene rings is 3. The molecule has 1 aliphatic heterocycles. The van der Waals surface area contributed by atoms with Crippen molar-refractivity contribution < 1.29 is 19.1 Å². The number of rotatable bonds is 6. The van der Waals surface area contributed by atoms with Gasteiger partial charge in [0, 0.05) is 10.0 Å². The Labute approximate surface area is 241 Å². The summed E-state index contributed by atoms with van der Waals surface area (Å²) in [6.45, 7) is 0.305. The van der Waals surface area contributed by atoms with Crippen LogP contribution in [0.2, 0.25) is 15.1 Å². The summed E-state index contributed by atoms with van der Waals surface area (Å²) in [6, 6.07) is 15.4. The van der Waals surface area contributed by atoms with E-state index >= 15 is 0 Å². The number of amides is 2. The highest BCUT2D eigenvalue weighted by atomic mass is 127. The van der Waals surface area contributed by atoms with Crippen LogP contribution in [0.15, 0.2) is 60.2 Å². The lowest BCUT2D eigenvalue weighted by Crippen LogP contribution is -2.54. The summed E-state index contributed by atoms with van der Waals surface area (Å²) in [6.07, 6.45) is 1.46. The van der Waals surface area contributed by atoms with Crippen LogP contribution in [-0.2, 0) is 16.2 Å². The van der Waals surface area contributed by atoms with Crippen molar-refractivity contribution in [2.24, 2.45) is 0 Å². The fraction of sp³-hybridized carbons (Fsp3) is 0.0800. The number of carbonyl (C=O) groups excluding carboxylic acids is 2. The molecule has 0 spiro atoms. The van der Waals surface area contributed by atoms with Crippen LogP contribution in [0.5, 0.6) is 11.5 Å². The van der Waals surface area contributed by atoms with Crippen LogP contribution in [0.4, 0.5) is 5.69 Å². The topological polar surface area (TPSA) is 67.9 Å². The monoisotopic (exact) mass is 672 g/mol. The molecule has 1 N–H and O–H groups in total. The minimum atomic E-state index is -0.622. The zero-order valence-corrected chi connectivity index (χ0v) is 23.7. The lowest BCUT2D eigenvalue weighted by Gasteiger charge is -2.29. The molecule has 0 unspecified atom stereocenters. The second-order valence-corrected chi connectivity index (χ2v) is 10.3. The van der Waals surface area contributed by atoms with Gasteiger partial charge in [0.15, 0.2) is 16.6 Å². The van der Waals surface area contributed by atoms with E-state index in [1.54, 1.807) is 36.4 Å². The minimum absolute atomic E-state index is 0.0792. The highest BCUT2D eigenvalue weighted by Gasteiger charge is 2.35. The Hall–Kier alpha value is -2.37. The molecule has 0 radical (unpaired) electrons. The van der Waals surface area contributed by atoms with Crippen LogP contribution in [-0.4, -0.2) is 24.0 Å². The van der Waals surface area contributed by atoms with E-state index in [-0.39, 0.29) is 15.7 Å². The molecule has 0 aliphatic carbocycles. The first-order valence-electron chi connectivity index (χ1n) is 10.3. The Balaban J connectivity index is 1.65. The molecular formula is C25H16Cl3IN2O4S. The van der Waals surface area contributed by atoms with Crippen LogP contribution < -0.4 is 19.7 Å². The molecule has 0 aromatic heterocycles. The molecule has 3 aromatic rings. The molecule has 4 rings (SSSR count). The summed E-state index contributed by atoms with van der Waals surface area (Å²) in [5.41, 5.74) is 1.68. The average molecular weight is 674 g/mol. The predicted molar refractivity (Wildman–Crippen MR) is 154 cm³/mol. The zero-order chi connectivity index (χ0) is 26.0. The number of hydrogen-bond donors (Lipinski definition) is 1. The number of thiocarbonyl (C=S) groups is 1. The van der Waals surface area contributed by atoms with Gasteiger partial charge in [-0.05, 0) is 94.5 Å². The van der Waals surface area contributed by atoms with Gasteiger partial charge in [-0.3, -0.25) is 19.8 Å². The molecule has 1 fully saturated rings. The maximum absolute atomic E-state index is 13.3. The molecule has 36 heavy (non-hydrogen) atoms. The second kappa shape index (κ2) is 11.4. The summed E-state index contributed by atoms with van der Waals surface area (Å²) >= 11 is 25.6. The number of carbonyl (C=O) groups is 2. The molecule has 0 bridgehead atoms. The summed E-state index contributed by atoms with van der Waals surface area (Å²) in [5, 5.41) is 3.72. The highest BCUT2D eigenvalue weighted by Crippen LogP contribution is 2.36. The minimum Gasteiger partial charge on any atom is -0.493 e. The quantitative estimate of drug-likeness (QED) is 0.137. The third-order valence-electron chi connectivity index (χ3n) is 5.11. The van der Waals surface area contributed by atoms with Crippen molar-refractivity contribution in [3.8, 4) is 11.5 Å². The van der Waals surface area contributed by atoms with Gasteiger partial charge in [0.05, 0.1) is 21.4 Å². The maximum atomic E-state index is 13.3. The summed E-state index contributed by atoms with van der Waals surface area (Å²) in [5.74, 6) is -0.265. The average Bonchev–Trinajstić information content (AvgIpc) is 2.83. The second-order valence-electron chi connectivity index (χ2n) is 7.50. The van der Waals surface area contributed by atoms with E-state index in [0.29, 0.717) is 39.4 Å². The molecule has 0 atom stereocenters. The van der Waals surface area contributed by atoms with Crippen molar-refractivity contribution in [2.45, 2.75) is 6.61 Å². The molecule has 11 heteroatoms. The van der Waals surface area contributed by atoms with E-state index in [9.17, 15) is 9.59 Å². The number of hydrogen-bond acceptors (Lipinski definition) is 5. The van der Waals surface area contributed by atoms with E-state index in [2.05, 4.69) is 27.9 Å². The van der Waals surface area contributed by atoms with Gasteiger partial charge in [0.25, 0.3) is 11.8 Å². The summed E-state index contributed by atoms with van der Waals surface area (Å²) in [4.78, 5) is 27.2. The van der Waals surface area contributed by atoms with Crippen LogP contribution >= 0.6 is 69.6 Å². The van der Waals surface area contributed by atoms with Crippen molar-refractivity contribution in [3.05, 3.63) is 89.9 Å². The number of ether oxygens (including phenoxy) is 2. The van der Waals surface area contributed by atoms with Gasteiger partial charge in [-0.25, -0.2) is 0 Å². The lowest BCUT2D eigenvalue weighted by atomic mass is 10.1. The van der Waals surface area contributed by atoms with Gasteiger partial charge in [-0.15, -0.1) is 0 Å². The predicted octanol–water partition coefficient (Wildman–Crippen LogP) is 6.67. The molecule has 3 aromatic carbocycles. The zero-order valence-electron chi connectivity index (χ0n) is 18.5. The number of nitrogens with one attached hydrogen (secondary N) is 1. The van der Waals surface area contributed by atoms with E-state index < -0.39 is 11.8 Å². The van der Waals surface area contributed by atoms with Gasteiger partial charge in [-0.2, -0.15) is 0 Å². The summed E-state index contributed by atoms with van der Waals surface area (Å²) in [7, 11) is 1.51. The Bertz CT molecular complexity index is 1410. The van der Waals surface area contributed by atoms with Crippen molar-refractivity contribution in [3.63, 3.8) is 0 Å². The van der Waals surface area contributed by atoms with Crippen molar-refractivity contribution in [1.29, 1.82) is 0 Å². The van der Waals surface area contributed by atoms with E-state index in [4.69, 9.17) is 56.5 Å². The van der Waals surface area contributed by atoms with Crippen molar-refractivity contribution in [1.82, 2.24) is 5.32 Å². The number of anilines is 1. The van der Waals surface area contributed by atoms with Crippen LogP contribution in [0.1, 0.15) is 11.1 Å². The molecule has 1 heterocycles. The Morgan fingerprint density at radius 2 is 1.72 bits per heavy atom. The van der Waals surface area contributed by atoms with Crippen LogP contribution in [0.3, 0.4) is 0 Å².